The van der Waals surface area contributed by atoms with E-state index in [9.17, 15) is 14.7 Å². The molecule has 0 aliphatic carbocycles. The van der Waals surface area contributed by atoms with Crippen molar-refractivity contribution in [1.82, 2.24) is 4.98 Å². The van der Waals surface area contributed by atoms with Crippen LogP contribution in [0.2, 0.25) is 0 Å². The van der Waals surface area contributed by atoms with Crippen molar-refractivity contribution in [3.63, 3.8) is 0 Å². The number of aromatic nitrogens is 1. The Bertz CT molecular complexity index is 422. The van der Waals surface area contributed by atoms with E-state index in [0.717, 1.165) is 0 Å². The molecule has 0 saturated carbocycles. The van der Waals surface area contributed by atoms with Crippen molar-refractivity contribution in [1.29, 1.82) is 0 Å². The molecule has 1 atom stereocenters. The standard InChI is InChI=1S/C10H13N3O4/c11-6(3-4-8(15)16)10(17)13-9-7(14)2-1-5-12-9/h1-2,5-6,14H,3-4,11H2,(H,15,16)(H,12,13,17). The molecule has 0 aliphatic heterocycles. The third-order valence-corrected chi connectivity index (χ3v) is 2.03. The molecule has 1 rings (SSSR count). The molecule has 5 N–H and O–H groups in total. The molecule has 1 unspecified atom stereocenters. The largest absolute Gasteiger partial charge is 0.504 e. The van der Waals surface area contributed by atoms with Crippen LogP contribution in [-0.4, -0.2) is 33.1 Å². The van der Waals surface area contributed by atoms with Gasteiger partial charge in [0.15, 0.2) is 11.6 Å². The molecule has 1 heterocycles. The number of anilines is 1. The quantitative estimate of drug-likeness (QED) is 0.569. The number of rotatable bonds is 5. The van der Waals surface area contributed by atoms with Crippen molar-refractivity contribution < 1.29 is 19.8 Å². The van der Waals surface area contributed by atoms with Gasteiger partial charge in [-0.1, -0.05) is 0 Å². The fourth-order valence-corrected chi connectivity index (χ4v) is 1.11. The predicted octanol–water partition coefficient (Wildman–Crippen LogP) is -0.0822. The molecule has 0 bridgehead atoms. The third-order valence-electron chi connectivity index (χ3n) is 2.03. The van der Waals surface area contributed by atoms with Crippen molar-refractivity contribution in [2.45, 2.75) is 18.9 Å². The Labute approximate surface area is 97.3 Å². The number of carboxylic acids is 1. The zero-order valence-corrected chi connectivity index (χ0v) is 8.96. The van der Waals surface area contributed by atoms with Crippen LogP contribution in [0.25, 0.3) is 0 Å². The highest BCUT2D eigenvalue weighted by Gasteiger charge is 2.16. The van der Waals surface area contributed by atoms with Gasteiger partial charge in [-0.3, -0.25) is 9.59 Å². The Hall–Kier alpha value is -2.15. The zero-order valence-electron chi connectivity index (χ0n) is 8.96. The minimum atomic E-state index is -1.02. The first-order valence-corrected chi connectivity index (χ1v) is 4.93. The minimum absolute atomic E-state index is 0.00303. The highest BCUT2D eigenvalue weighted by Crippen LogP contribution is 2.18. The van der Waals surface area contributed by atoms with Crippen LogP contribution in [0.4, 0.5) is 5.82 Å². The Balaban J connectivity index is 2.54. The monoisotopic (exact) mass is 239 g/mol. The number of hydrogen-bond acceptors (Lipinski definition) is 5. The van der Waals surface area contributed by atoms with Crippen LogP contribution < -0.4 is 11.1 Å². The minimum Gasteiger partial charge on any atom is -0.504 e. The van der Waals surface area contributed by atoms with Gasteiger partial charge in [0.2, 0.25) is 5.91 Å². The molecule has 0 fully saturated rings. The molecule has 0 spiro atoms. The van der Waals surface area contributed by atoms with Gasteiger partial charge in [-0.15, -0.1) is 0 Å². The van der Waals surface area contributed by atoms with Gasteiger partial charge in [0.05, 0.1) is 6.04 Å². The maximum absolute atomic E-state index is 11.5. The van der Waals surface area contributed by atoms with Gasteiger partial charge in [0.1, 0.15) is 0 Å². The Morgan fingerprint density at radius 3 is 2.82 bits per heavy atom. The van der Waals surface area contributed by atoms with Crippen LogP contribution in [0.3, 0.4) is 0 Å². The second kappa shape index (κ2) is 5.80. The van der Waals surface area contributed by atoms with E-state index >= 15 is 0 Å². The predicted molar refractivity (Wildman–Crippen MR) is 59.4 cm³/mol. The molecule has 0 radical (unpaired) electrons. The van der Waals surface area contributed by atoms with Gasteiger partial charge < -0.3 is 21.3 Å². The third kappa shape index (κ3) is 4.07. The van der Waals surface area contributed by atoms with Gasteiger partial charge in [-0.05, 0) is 18.6 Å². The Morgan fingerprint density at radius 1 is 1.53 bits per heavy atom. The van der Waals surface area contributed by atoms with Crippen LogP contribution in [-0.2, 0) is 9.59 Å². The summed E-state index contributed by atoms with van der Waals surface area (Å²) in [6, 6.07) is 1.92. The lowest BCUT2D eigenvalue weighted by molar-refractivity contribution is -0.137. The Morgan fingerprint density at radius 2 is 2.24 bits per heavy atom. The van der Waals surface area contributed by atoms with Crippen molar-refractivity contribution >= 4 is 17.7 Å². The molecule has 17 heavy (non-hydrogen) atoms. The number of nitrogens with one attached hydrogen (secondary N) is 1. The number of aromatic hydroxyl groups is 1. The van der Waals surface area contributed by atoms with Crippen LogP contribution in [0.5, 0.6) is 5.75 Å². The molecular formula is C10H13N3O4. The van der Waals surface area contributed by atoms with Crippen LogP contribution >= 0.6 is 0 Å². The summed E-state index contributed by atoms with van der Waals surface area (Å²) in [5.41, 5.74) is 5.48. The first-order chi connectivity index (χ1) is 8.00. The van der Waals surface area contributed by atoms with Crippen LogP contribution in [0.1, 0.15) is 12.8 Å². The summed E-state index contributed by atoms with van der Waals surface area (Å²) in [6.07, 6.45) is 1.23. The van der Waals surface area contributed by atoms with E-state index in [2.05, 4.69) is 10.3 Å². The topological polar surface area (TPSA) is 126 Å². The number of carbonyl (C=O) groups excluding carboxylic acids is 1. The number of aliphatic carboxylic acids is 1. The Kier molecular flexibility index (Phi) is 4.41. The van der Waals surface area contributed by atoms with E-state index in [4.69, 9.17) is 10.8 Å². The average molecular weight is 239 g/mol. The normalized spacial score (nSPS) is 11.8. The summed E-state index contributed by atoms with van der Waals surface area (Å²) < 4.78 is 0. The molecule has 1 amide bonds. The second-order valence-corrected chi connectivity index (χ2v) is 3.40. The fourth-order valence-electron chi connectivity index (χ4n) is 1.11. The molecule has 0 saturated heterocycles. The highest BCUT2D eigenvalue weighted by molar-refractivity contribution is 5.95. The number of nitrogens with two attached hydrogens (primary N) is 1. The molecule has 0 aliphatic rings. The number of nitrogens with zero attached hydrogens (tertiary/aromatic N) is 1. The van der Waals surface area contributed by atoms with E-state index < -0.39 is 17.9 Å². The van der Waals surface area contributed by atoms with Gasteiger partial charge in [0, 0.05) is 12.6 Å². The maximum atomic E-state index is 11.5. The van der Waals surface area contributed by atoms with Crippen molar-refractivity contribution in [3.05, 3.63) is 18.3 Å². The maximum Gasteiger partial charge on any atom is 0.303 e. The van der Waals surface area contributed by atoms with E-state index in [0.29, 0.717) is 0 Å². The molecule has 1 aromatic rings. The first-order valence-electron chi connectivity index (χ1n) is 4.93. The van der Waals surface area contributed by atoms with E-state index in [1.807, 2.05) is 0 Å². The lowest BCUT2D eigenvalue weighted by atomic mass is 10.1. The lowest BCUT2D eigenvalue weighted by Gasteiger charge is -2.11. The molecule has 0 aromatic carbocycles. The number of amides is 1. The first kappa shape index (κ1) is 12.9. The molecule has 7 nitrogen and oxygen atoms in total. The number of pyridine rings is 1. The SMILES string of the molecule is NC(CCC(=O)O)C(=O)Nc1ncccc1O. The van der Waals surface area contributed by atoms with Gasteiger partial charge in [-0.2, -0.15) is 0 Å². The summed E-state index contributed by atoms with van der Waals surface area (Å²) in [5.74, 6) is -1.77. The highest BCUT2D eigenvalue weighted by atomic mass is 16.4. The van der Waals surface area contributed by atoms with E-state index in [1.165, 1.54) is 18.3 Å². The summed E-state index contributed by atoms with van der Waals surface area (Å²) >= 11 is 0. The summed E-state index contributed by atoms with van der Waals surface area (Å²) in [5, 5.41) is 20.1. The van der Waals surface area contributed by atoms with Gasteiger partial charge >= 0.3 is 5.97 Å². The average Bonchev–Trinajstić information content (AvgIpc) is 2.28. The van der Waals surface area contributed by atoms with Crippen molar-refractivity contribution in [3.8, 4) is 5.75 Å². The summed E-state index contributed by atoms with van der Waals surface area (Å²) in [4.78, 5) is 25.5. The second-order valence-electron chi connectivity index (χ2n) is 3.40. The number of carbonyl (C=O) groups is 2. The van der Waals surface area contributed by atoms with Crippen LogP contribution in [0.15, 0.2) is 18.3 Å². The van der Waals surface area contributed by atoms with Gasteiger partial charge in [0.25, 0.3) is 0 Å². The summed E-state index contributed by atoms with van der Waals surface area (Å²) in [7, 11) is 0. The van der Waals surface area contributed by atoms with Gasteiger partial charge in [-0.25, -0.2) is 4.98 Å². The number of hydrogen-bond donors (Lipinski definition) is 4. The van der Waals surface area contributed by atoms with Crippen molar-refractivity contribution in [2.75, 3.05) is 5.32 Å². The zero-order chi connectivity index (χ0) is 12.8. The fraction of sp³-hybridized carbons (Fsp3) is 0.300. The molecule has 92 valence electrons. The molecule has 1 aromatic heterocycles. The smallest absolute Gasteiger partial charge is 0.303 e. The van der Waals surface area contributed by atoms with Crippen molar-refractivity contribution in [2.24, 2.45) is 5.73 Å². The summed E-state index contributed by atoms with van der Waals surface area (Å²) in [6.45, 7) is 0. The van der Waals surface area contributed by atoms with E-state index in [1.54, 1.807) is 0 Å². The lowest BCUT2D eigenvalue weighted by Crippen LogP contribution is -2.36. The van der Waals surface area contributed by atoms with E-state index in [-0.39, 0.29) is 24.4 Å². The van der Waals surface area contributed by atoms with Crippen LogP contribution in [0, 0.1) is 0 Å². The number of carboxylic acid groups (broad SMARTS) is 1. The molecular weight excluding hydrogens is 226 g/mol. The molecule has 7 heteroatoms.